The number of quaternary nitrogens is 1. The normalized spacial score (nSPS) is 10.7. The van der Waals surface area contributed by atoms with Crippen molar-refractivity contribution in [2.24, 2.45) is 0 Å². The van der Waals surface area contributed by atoms with Crippen LogP contribution in [-0.4, -0.2) is 38.2 Å². The molecule has 6 heteroatoms. The first-order valence-electron chi connectivity index (χ1n) is 9.05. The van der Waals surface area contributed by atoms with Crippen LogP contribution < -0.4 is 20.5 Å². The summed E-state index contributed by atoms with van der Waals surface area (Å²) < 4.78 is 0. The molecule has 0 fully saturated rings. The Bertz CT molecular complexity index is 923. The number of phenols is 1. The van der Waals surface area contributed by atoms with Crippen molar-refractivity contribution in [3.05, 3.63) is 60.2 Å². The van der Waals surface area contributed by atoms with E-state index in [4.69, 9.17) is 0 Å². The maximum atomic E-state index is 12.4. The predicted molar refractivity (Wildman–Crippen MR) is 107 cm³/mol. The number of phenolic OH excluding ortho intramolecular Hbond substituents is 1. The Morgan fingerprint density at radius 2 is 1.89 bits per heavy atom. The number of aromatic amines is 1. The molecular weight excluding hydrogens is 340 g/mol. The predicted octanol–water partition coefficient (Wildman–Crippen LogP) is 1.17. The van der Waals surface area contributed by atoms with Gasteiger partial charge in [0.2, 0.25) is 0 Å². The van der Waals surface area contributed by atoms with Gasteiger partial charge in [-0.2, -0.15) is 0 Å². The molecule has 1 aromatic heterocycles. The van der Waals surface area contributed by atoms with Crippen LogP contribution in [0.1, 0.15) is 5.56 Å². The number of carbonyl (C=O) groups excluding carboxylic acids is 1. The number of aromatic nitrogens is 1. The molecule has 0 bridgehead atoms. The third kappa shape index (κ3) is 4.95. The third-order valence-electron chi connectivity index (χ3n) is 4.42. The summed E-state index contributed by atoms with van der Waals surface area (Å²) in [5.74, 6) is 1.17. The number of nitrogens with one attached hydrogen (secondary N) is 2. The lowest BCUT2D eigenvalue weighted by molar-refractivity contribution is -0.643. The minimum absolute atomic E-state index is 0.0261. The highest BCUT2D eigenvalue weighted by Gasteiger charge is 2.14. The maximum Gasteiger partial charge on any atom is 0.279 e. The fraction of sp³-hybridized carbons (Fsp3) is 0.238. The number of pyridine rings is 1. The van der Waals surface area contributed by atoms with Gasteiger partial charge in [0.1, 0.15) is 11.3 Å². The van der Waals surface area contributed by atoms with Crippen molar-refractivity contribution in [2.75, 3.05) is 37.4 Å². The summed E-state index contributed by atoms with van der Waals surface area (Å²) in [6.45, 7) is 1.17. The summed E-state index contributed by atoms with van der Waals surface area (Å²) in [4.78, 5) is 17.7. The van der Waals surface area contributed by atoms with E-state index in [0.29, 0.717) is 6.54 Å². The average Bonchev–Trinajstić information content (AvgIpc) is 2.66. The first-order chi connectivity index (χ1) is 13.0. The van der Waals surface area contributed by atoms with E-state index in [0.717, 1.165) is 40.9 Å². The van der Waals surface area contributed by atoms with Crippen molar-refractivity contribution in [3.63, 3.8) is 0 Å². The number of rotatable bonds is 7. The van der Waals surface area contributed by atoms with Gasteiger partial charge in [0.25, 0.3) is 11.7 Å². The molecule has 0 radical (unpaired) electrons. The van der Waals surface area contributed by atoms with Gasteiger partial charge in [-0.15, -0.1) is 0 Å². The molecule has 0 saturated carbocycles. The molecule has 0 aliphatic carbocycles. The number of para-hydroxylation sites is 1. The Kier molecular flexibility index (Phi) is 5.88. The van der Waals surface area contributed by atoms with E-state index in [1.54, 1.807) is 12.1 Å². The van der Waals surface area contributed by atoms with Crippen molar-refractivity contribution in [3.8, 4) is 5.75 Å². The van der Waals surface area contributed by atoms with Crippen LogP contribution in [0.15, 0.2) is 54.6 Å². The van der Waals surface area contributed by atoms with E-state index in [1.165, 1.54) is 0 Å². The van der Waals surface area contributed by atoms with E-state index in [2.05, 4.69) is 10.3 Å². The number of benzene rings is 2. The van der Waals surface area contributed by atoms with Gasteiger partial charge in [0.05, 0.1) is 32.4 Å². The Hall–Kier alpha value is -3.12. The van der Waals surface area contributed by atoms with Gasteiger partial charge in [-0.3, -0.25) is 9.69 Å². The van der Waals surface area contributed by atoms with Crippen LogP contribution in [0.3, 0.4) is 0 Å². The molecule has 0 aliphatic rings. The summed E-state index contributed by atoms with van der Waals surface area (Å²) in [5.41, 5.74) is 2.94. The third-order valence-corrected chi connectivity index (χ3v) is 4.42. The van der Waals surface area contributed by atoms with Gasteiger partial charge in [0.15, 0.2) is 6.54 Å². The van der Waals surface area contributed by atoms with Crippen LogP contribution in [0.5, 0.6) is 5.75 Å². The van der Waals surface area contributed by atoms with Gasteiger partial charge in [0, 0.05) is 11.8 Å². The minimum atomic E-state index is -0.0261. The Morgan fingerprint density at radius 3 is 2.63 bits per heavy atom. The molecule has 0 saturated heterocycles. The first-order valence-corrected chi connectivity index (χ1v) is 9.05. The number of amides is 1. The standard InChI is InChI=1S/C21H24N4O2/c1-25(2)20-13-19(17-5-3-4-6-18(17)23-20)24-21(27)14-22-12-11-15-7-9-16(26)10-8-15/h3-10,13,22,26H,11-12,14H2,1-2H3,(H,23,24,27)/p+2. The topological polar surface area (TPSA) is 83.3 Å². The second-order valence-electron chi connectivity index (χ2n) is 6.75. The van der Waals surface area contributed by atoms with Crippen molar-refractivity contribution in [1.82, 2.24) is 0 Å². The van der Waals surface area contributed by atoms with Gasteiger partial charge in [-0.1, -0.05) is 24.3 Å². The van der Waals surface area contributed by atoms with Crippen LogP contribution in [0.2, 0.25) is 0 Å². The number of fused-ring (bicyclic) bond motifs is 1. The monoisotopic (exact) mass is 366 g/mol. The Labute approximate surface area is 158 Å². The highest BCUT2D eigenvalue weighted by Crippen LogP contribution is 2.23. The highest BCUT2D eigenvalue weighted by atomic mass is 16.3. The lowest BCUT2D eigenvalue weighted by atomic mass is 10.1. The summed E-state index contributed by atoms with van der Waals surface area (Å²) in [5, 5.41) is 15.3. The lowest BCUT2D eigenvalue weighted by Crippen LogP contribution is -2.86. The zero-order valence-corrected chi connectivity index (χ0v) is 15.7. The molecule has 2 aromatic carbocycles. The molecule has 6 nitrogen and oxygen atoms in total. The maximum absolute atomic E-state index is 12.4. The molecule has 3 aromatic rings. The van der Waals surface area contributed by atoms with Crippen LogP contribution in [-0.2, 0) is 11.2 Å². The molecule has 0 spiro atoms. The van der Waals surface area contributed by atoms with Gasteiger partial charge < -0.3 is 15.7 Å². The second-order valence-corrected chi connectivity index (χ2v) is 6.75. The van der Waals surface area contributed by atoms with Crippen LogP contribution in [0.4, 0.5) is 11.5 Å². The highest BCUT2D eigenvalue weighted by molar-refractivity contribution is 6.00. The molecule has 140 valence electrons. The van der Waals surface area contributed by atoms with Gasteiger partial charge in [-0.05, 0) is 29.8 Å². The number of carbonyl (C=O) groups is 1. The Balaban J connectivity index is 1.59. The molecule has 0 aliphatic heterocycles. The second kappa shape index (κ2) is 8.51. The van der Waals surface area contributed by atoms with Crippen LogP contribution >= 0.6 is 0 Å². The molecule has 5 N–H and O–H groups in total. The smallest absolute Gasteiger partial charge is 0.279 e. The van der Waals surface area contributed by atoms with Gasteiger partial charge in [-0.25, -0.2) is 4.98 Å². The summed E-state index contributed by atoms with van der Waals surface area (Å²) in [7, 11) is 3.92. The van der Waals surface area contributed by atoms with E-state index in [-0.39, 0.29) is 11.7 Å². The lowest BCUT2D eigenvalue weighted by Gasteiger charge is -2.11. The molecule has 1 heterocycles. The average molecular weight is 366 g/mol. The number of anilines is 2. The number of nitrogens with zero attached hydrogens (tertiary/aromatic N) is 1. The molecule has 1 amide bonds. The summed E-state index contributed by atoms with van der Waals surface area (Å²) >= 11 is 0. The fourth-order valence-electron chi connectivity index (χ4n) is 2.93. The quantitative estimate of drug-likeness (QED) is 0.549. The minimum Gasteiger partial charge on any atom is -0.508 e. The fourth-order valence-corrected chi connectivity index (χ4v) is 2.93. The van der Waals surface area contributed by atoms with E-state index in [1.807, 2.05) is 66.8 Å². The number of nitrogens with two attached hydrogens (primary N) is 1. The van der Waals surface area contributed by atoms with E-state index < -0.39 is 0 Å². The van der Waals surface area contributed by atoms with E-state index in [9.17, 15) is 9.90 Å². The Morgan fingerprint density at radius 1 is 1.15 bits per heavy atom. The zero-order valence-electron chi connectivity index (χ0n) is 15.7. The molecular formula is C21H26N4O2+2. The SMILES string of the molecule is CN(C)c1cc(NC(=O)C[NH2+]CCc2ccc(O)cc2)c2ccccc2[nH+]1. The molecule has 3 rings (SSSR count). The van der Waals surface area contributed by atoms with Crippen molar-refractivity contribution < 1.29 is 20.2 Å². The summed E-state index contributed by atoms with van der Waals surface area (Å²) in [6.07, 6.45) is 0.849. The first kappa shape index (κ1) is 18.7. The zero-order chi connectivity index (χ0) is 19.2. The van der Waals surface area contributed by atoms with Crippen LogP contribution in [0.25, 0.3) is 10.9 Å². The summed E-state index contributed by atoms with van der Waals surface area (Å²) in [6, 6.07) is 17.1. The van der Waals surface area contributed by atoms with Crippen molar-refractivity contribution >= 4 is 28.3 Å². The molecule has 27 heavy (non-hydrogen) atoms. The number of H-pyrrole nitrogens is 1. The largest absolute Gasteiger partial charge is 0.508 e. The van der Waals surface area contributed by atoms with Gasteiger partial charge >= 0.3 is 0 Å². The molecule has 0 atom stereocenters. The number of hydrogen-bond donors (Lipinski definition) is 3. The van der Waals surface area contributed by atoms with E-state index >= 15 is 0 Å². The van der Waals surface area contributed by atoms with Crippen LogP contribution in [0, 0.1) is 0 Å². The van der Waals surface area contributed by atoms with Crippen molar-refractivity contribution in [2.45, 2.75) is 6.42 Å². The van der Waals surface area contributed by atoms with Crippen molar-refractivity contribution in [1.29, 1.82) is 0 Å². The molecule has 0 unspecified atom stereocenters. The number of hydrogen-bond acceptors (Lipinski definition) is 3. The number of aromatic hydroxyl groups is 1.